The molecular formula is C23H23BrN2O4S2. The van der Waals surface area contributed by atoms with Crippen LogP contribution in [0.4, 0.5) is 5.69 Å². The van der Waals surface area contributed by atoms with Crippen LogP contribution in [0.3, 0.4) is 0 Å². The van der Waals surface area contributed by atoms with Crippen molar-refractivity contribution in [3.63, 3.8) is 0 Å². The van der Waals surface area contributed by atoms with Gasteiger partial charge in [0.15, 0.2) is 18.1 Å². The van der Waals surface area contributed by atoms with E-state index < -0.39 is 0 Å². The molecule has 0 radical (unpaired) electrons. The van der Waals surface area contributed by atoms with Crippen molar-refractivity contribution >= 4 is 67.8 Å². The molecule has 0 atom stereocenters. The van der Waals surface area contributed by atoms with Crippen molar-refractivity contribution in [1.29, 1.82) is 0 Å². The third kappa shape index (κ3) is 5.70. The van der Waals surface area contributed by atoms with Gasteiger partial charge in [-0.15, -0.1) is 0 Å². The first-order valence-corrected chi connectivity index (χ1v) is 12.0. The molecule has 1 N–H and O–H groups in total. The van der Waals surface area contributed by atoms with E-state index in [-0.39, 0.29) is 18.4 Å². The Balaban J connectivity index is 1.74. The molecule has 0 unspecified atom stereocenters. The predicted octanol–water partition coefficient (Wildman–Crippen LogP) is 5.39. The number of para-hydroxylation sites is 1. The first kappa shape index (κ1) is 24.3. The number of hydrogen-bond donors (Lipinski definition) is 1. The summed E-state index contributed by atoms with van der Waals surface area (Å²) >= 11 is 10.1. The zero-order valence-electron chi connectivity index (χ0n) is 17.9. The summed E-state index contributed by atoms with van der Waals surface area (Å²) in [6.45, 7) is 4.35. The van der Waals surface area contributed by atoms with Gasteiger partial charge in [0.2, 0.25) is 0 Å². The number of amides is 2. The van der Waals surface area contributed by atoms with Crippen LogP contribution in [0.2, 0.25) is 0 Å². The van der Waals surface area contributed by atoms with E-state index >= 15 is 0 Å². The lowest BCUT2D eigenvalue weighted by Gasteiger charge is -2.14. The third-order valence-electron chi connectivity index (χ3n) is 4.64. The van der Waals surface area contributed by atoms with Crippen molar-refractivity contribution in [2.75, 3.05) is 25.6 Å². The Hall–Kier alpha value is -2.36. The largest absolute Gasteiger partial charge is 0.493 e. The van der Waals surface area contributed by atoms with E-state index in [2.05, 4.69) is 21.2 Å². The molecule has 1 aliphatic heterocycles. The average molecular weight is 535 g/mol. The Morgan fingerprint density at radius 1 is 1.31 bits per heavy atom. The Bertz CT molecular complexity index is 1090. The van der Waals surface area contributed by atoms with Gasteiger partial charge in [0.25, 0.3) is 11.8 Å². The number of rotatable bonds is 8. The summed E-state index contributed by atoms with van der Waals surface area (Å²) in [6, 6.07) is 11.1. The third-order valence-corrected chi connectivity index (χ3v) is 6.60. The standard InChI is InChI=1S/C23H23BrN2O4S2/c1-4-9-26-22(28)19(32-23(26)31)12-15-10-16(24)21(18(11-15)29-3)30-13-20(27)25-17-8-6-5-7-14(17)2/h5-8,10-12H,4,9,13H2,1-3H3,(H,25,27)/b19-12-. The lowest BCUT2D eigenvalue weighted by molar-refractivity contribution is -0.122. The number of carbonyl (C=O) groups excluding carboxylic acids is 2. The van der Waals surface area contributed by atoms with E-state index in [4.69, 9.17) is 21.7 Å². The number of aryl methyl sites for hydroxylation is 1. The normalized spacial score (nSPS) is 14.8. The number of thiocarbonyl (C=S) groups is 1. The first-order chi connectivity index (χ1) is 15.3. The van der Waals surface area contributed by atoms with Crippen molar-refractivity contribution in [1.82, 2.24) is 4.90 Å². The lowest BCUT2D eigenvalue weighted by atomic mass is 10.2. The second kappa shape index (κ2) is 11.0. The molecule has 1 fully saturated rings. The van der Waals surface area contributed by atoms with Crippen molar-refractivity contribution in [3.05, 3.63) is 56.9 Å². The molecule has 0 spiro atoms. The van der Waals surface area contributed by atoms with Crippen LogP contribution in [0.5, 0.6) is 11.5 Å². The summed E-state index contributed by atoms with van der Waals surface area (Å²) in [6.07, 6.45) is 2.61. The van der Waals surface area contributed by atoms with Gasteiger partial charge < -0.3 is 14.8 Å². The van der Waals surface area contributed by atoms with Crippen LogP contribution in [0.25, 0.3) is 6.08 Å². The topological polar surface area (TPSA) is 67.9 Å². The van der Waals surface area contributed by atoms with Crippen molar-refractivity contribution in [3.8, 4) is 11.5 Å². The second-order valence-corrected chi connectivity index (χ2v) is 9.55. The zero-order chi connectivity index (χ0) is 23.3. The maximum atomic E-state index is 12.6. The molecule has 32 heavy (non-hydrogen) atoms. The fourth-order valence-electron chi connectivity index (χ4n) is 3.07. The Labute approximate surface area is 205 Å². The molecule has 1 heterocycles. The van der Waals surface area contributed by atoms with Gasteiger partial charge in [0.05, 0.1) is 16.5 Å². The average Bonchev–Trinajstić information content (AvgIpc) is 3.02. The van der Waals surface area contributed by atoms with Gasteiger partial charge in [0.1, 0.15) is 4.32 Å². The SMILES string of the molecule is CCCN1C(=O)/C(=C/c2cc(Br)c(OCC(=O)Nc3ccccc3C)c(OC)c2)SC1=S. The Morgan fingerprint density at radius 3 is 2.75 bits per heavy atom. The number of methoxy groups -OCH3 is 1. The molecule has 3 rings (SSSR count). The summed E-state index contributed by atoms with van der Waals surface area (Å²) in [4.78, 5) is 27.1. The molecule has 0 saturated carbocycles. The van der Waals surface area contributed by atoms with Crippen molar-refractivity contribution < 1.29 is 19.1 Å². The molecule has 0 bridgehead atoms. The number of nitrogens with one attached hydrogen (secondary N) is 1. The van der Waals surface area contributed by atoms with Gasteiger partial charge in [0, 0.05) is 12.2 Å². The van der Waals surface area contributed by atoms with Crippen LogP contribution in [0.1, 0.15) is 24.5 Å². The van der Waals surface area contributed by atoms with Crippen LogP contribution >= 0.6 is 39.9 Å². The van der Waals surface area contributed by atoms with Gasteiger partial charge in [-0.1, -0.05) is 49.1 Å². The highest BCUT2D eigenvalue weighted by Gasteiger charge is 2.31. The molecule has 168 valence electrons. The van der Waals surface area contributed by atoms with Gasteiger partial charge >= 0.3 is 0 Å². The van der Waals surface area contributed by atoms with E-state index in [0.717, 1.165) is 23.2 Å². The summed E-state index contributed by atoms with van der Waals surface area (Å²) in [5.74, 6) is 0.475. The van der Waals surface area contributed by atoms with Gasteiger partial charge in [-0.2, -0.15) is 0 Å². The summed E-state index contributed by atoms with van der Waals surface area (Å²) in [5, 5.41) is 2.83. The van der Waals surface area contributed by atoms with E-state index in [1.807, 2.05) is 44.2 Å². The fourth-order valence-corrected chi connectivity index (χ4v) is 4.95. The molecule has 6 nitrogen and oxygen atoms in total. The zero-order valence-corrected chi connectivity index (χ0v) is 21.2. The number of ether oxygens (including phenoxy) is 2. The molecule has 1 saturated heterocycles. The minimum Gasteiger partial charge on any atom is -0.493 e. The molecule has 9 heteroatoms. The molecule has 2 aromatic rings. The first-order valence-electron chi connectivity index (χ1n) is 9.95. The van der Waals surface area contributed by atoms with E-state index in [0.29, 0.717) is 31.7 Å². The van der Waals surface area contributed by atoms with E-state index in [9.17, 15) is 9.59 Å². The van der Waals surface area contributed by atoms with E-state index in [1.54, 1.807) is 17.0 Å². The lowest BCUT2D eigenvalue weighted by Crippen LogP contribution is -2.28. The van der Waals surface area contributed by atoms with Gasteiger partial charge in [-0.05, 0) is 64.7 Å². The number of carbonyl (C=O) groups is 2. The molecule has 0 aliphatic carbocycles. The van der Waals surface area contributed by atoms with E-state index in [1.165, 1.54) is 18.9 Å². The smallest absolute Gasteiger partial charge is 0.266 e. The molecule has 1 aliphatic rings. The summed E-state index contributed by atoms with van der Waals surface area (Å²) in [5.41, 5.74) is 2.46. The highest BCUT2D eigenvalue weighted by molar-refractivity contribution is 9.10. The van der Waals surface area contributed by atoms with Gasteiger partial charge in [-0.3, -0.25) is 14.5 Å². The predicted molar refractivity (Wildman–Crippen MR) is 136 cm³/mol. The van der Waals surface area contributed by atoms with Crippen LogP contribution in [0, 0.1) is 6.92 Å². The van der Waals surface area contributed by atoms with Crippen molar-refractivity contribution in [2.24, 2.45) is 0 Å². The maximum Gasteiger partial charge on any atom is 0.266 e. The summed E-state index contributed by atoms with van der Waals surface area (Å²) < 4.78 is 12.4. The van der Waals surface area contributed by atoms with Crippen LogP contribution < -0.4 is 14.8 Å². The number of benzene rings is 2. The number of halogens is 1. The highest BCUT2D eigenvalue weighted by atomic mass is 79.9. The minimum atomic E-state index is -0.281. The second-order valence-electron chi connectivity index (χ2n) is 7.02. The maximum absolute atomic E-state index is 12.6. The number of hydrogen-bond acceptors (Lipinski definition) is 6. The molecule has 2 aromatic carbocycles. The molecular weight excluding hydrogens is 512 g/mol. The van der Waals surface area contributed by atoms with Crippen LogP contribution in [0.15, 0.2) is 45.8 Å². The number of thioether (sulfide) groups is 1. The van der Waals surface area contributed by atoms with Crippen LogP contribution in [-0.4, -0.2) is 41.3 Å². The number of anilines is 1. The van der Waals surface area contributed by atoms with Crippen LogP contribution in [-0.2, 0) is 9.59 Å². The Morgan fingerprint density at radius 2 is 2.06 bits per heavy atom. The number of nitrogens with zero attached hydrogens (tertiary/aromatic N) is 1. The Kier molecular flexibility index (Phi) is 8.33. The quantitative estimate of drug-likeness (QED) is 0.361. The molecule has 2 amide bonds. The fraction of sp³-hybridized carbons (Fsp3) is 0.261. The molecule has 0 aromatic heterocycles. The van der Waals surface area contributed by atoms with Gasteiger partial charge in [-0.25, -0.2) is 0 Å². The van der Waals surface area contributed by atoms with Crippen molar-refractivity contribution in [2.45, 2.75) is 20.3 Å². The monoisotopic (exact) mass is 534 g/mol. The highest BCUT2D eigenvalue weighted by Crippen LogP contribution is 2.39. The minimum absolute atomic E-state index is 0.0925. The summed E-state index contributed by atoms with van der Waals surface area (Å²) in [7, 11) is 1.52.